The molecule has 1 aliphatic carbocycles. The molecule has 0 bridgehead atoms. The van der Waals surface area contributed by atoms with Crippen molar-refractivity contribution in [2.75, 3.05) is 77.5 Å². The molecular formula is C52H61ClFN7O7. The van der Waals surface area contributed by atoms with E-state index in [1.165, 1.54) is 24.1 Å². The number of rotatable bonds is 15. The zero-order valence-electron chi connectivity index (χ0n) is 38.8. The molecule has 4 aliphatic rings. The lowest BCUT2D eigenvalue weighted by molar-refractivity contribution is -0.138. The van der Waals surface area contributed by atoms with Crippen LogP contribution in [0.1, 0.15) is 77.9 Å². The van der Waals surface area contributed by atoms with Gasteiger partial charge < -0.3 is 30.3 Å². The summed E-state index contributed by atoms with van der Waals surface area (Å²) in [6.45, 7) is 7.97. The third-order valence-corrected chi connectivity index (χ3v) is 14.5. The number of nitrogens with two attached hydrogens (primary N) is 1. The number of carbonyl (C=O) groups excluding carboxylic acids is 5. The van der Waals surface area contributed by atoms with Crippen LogP contribution >= 0.6 is 11.6 Å². The number of aryl methyl sites for hydroxylation is 1. The highest BCUT2D eigenvalue weighted by Crippen LogP contribution is 2.39. The summed E-state index contributed by atoms with van der Waals surface area (Å²) in [6.07, 6.45) is 5.56. The van der Waals surface area contributed by atoms with Crippen molar-refractivity contribution in [3.05, 3.63) is 112 Å². The van der Waals surface area contributed by atoms with Gasteiger partial charge in [0.05, 0.1) is 18.4 Å². The van der Waals surface area contributed by atoms with Crippen LogP contribution in [0, 0.1) is 24.6 Å². The first-order chi connectivity index (χ1) is 32.9. The van der Waals surface area contributed by atoms with Crippen molar-refractivity contribution in [3.63, 3.8) is 0 Å². The maximum atomic E-state index is 15.8. The van der Waals surface area contributed by atoms with Gasteiger partial charge in [0.25, 0.3) is 5.91 Å². The van der Waals surface area contributed by atoms with Gasteiger partial charge in [0, 0.05) is 105 Å². The zero-order chi connectivity index (χ0) is 47.9. The van der Waals surface area contributed by atoms with E-state index in [0.29, 0.717) is 42.6 Å². The summed E-state index contributed by atoms with van der Waals surface area (Å²) in [5.41, 5.74) is 9.55. The highest BCUT2D eigenvalue weighted by atomic mass is 35.5. The summed E-state index contributed by atoms with van der Waals surface area (Å²) in [7, 11) is 1.36. The zero-order valence-corrected chi connectivity index (χ0v) is 39.6. The fraction of sp³-hybridized carbons (Fsp3) is 0.442. The molecule has 3 heterocycles. The standard InChI is InChI=1S/C52H61ClFN7O7/c1-33-8-14-39(29-44(33)61-23-20-46(62)57-52(61)66)68-32-47(63)59-26-24-58(25-27-59)31-34-18-21-60(22-19-34)51(65)36-9-12-38(13-10-36)56-30-42(35-6-4-3-5-7-35)37-11-16-43(53)41(28-37)48-40(50(55)64)15-17-45(67-2)49(48)54/h3-8,11,14-17,28-29,34,36,38,42,56H,9-10,12-13,18-27,30-32H2,1-2H3,(H2,55,64)(H,57,62,66). The fourth-order valence-electron chi connectivity index (χ4n) is 10.2. The van der Waals surface area contributed by atoms with Gasteiger partial charge in [-0.2, -0.15) is 0 Å². The largest absolute Gasteiger partial charge is 0.494 e. The Morgan fingerprint density at radius 2 is 1.59 bits per heavy atom. The number of ether oxygens (including phenoxy) is 2. The average molecular weight is 951 g/mol. The number of halogens is 2. The van der Waals surface area contributed by atoms with E-state index in [1.54, 1.807) is 18.2 Å². The SMILES string of the molecule is COc1ccc(C(N)=O)c(-c2cc(C(CNC3CCC(C(=O)N4CCC(CN5CCN(C(=O)COc6ccc(C)c(N7CCC(=O)NC7=O)c6)CC5)CC4)CC3)c3ccccc3)ccc2Cl)c1F. The van der Waals surface area contributed by atoms with Gasteiger partial charge >= 0.3 is 6.03 Å². The van der Waals surface area contributed by atoms with E-state index in [4.69, 9.17) is 26.8 Å². The van der Waals surface area contributed by atoms with Crippen molar-refractivity contribution in [1.82, 2.24) is 25.3 Å². The second-order valence-electron chi connectivity index (χ2n) is 18.5. The second-order valence-corrected chi connectivity index (χ2v) is 18.9. The molecule has 0 radical (unpaired) electrons. The highest BCUT2D eigenvalue weighted by molar-refractivity contribution is 6.33. The number of piperazine rings is 1. The van der Waals surface area contributed by atoms with Gasteiger partial charge in [-0.05, 0) is 98.4 Å². The summed E-state index contributed by atoms with van der Waals surface area (Å²) in [6, 6.07) is 23.6. The molecule has 16 heteroatoms. The molecule has 360 valence electrons. The Balaban J connectivity index is 0.775. The van der Waals surface area contributed by atoms with E-state index in [2.05, 4.69) is 32.6 Å². The lowest BCUT2D eigenvalue weighted by Gasteiger charge is -2.40. The molecule has 4 aromatic carbocycles. The topological polar surface area (TPSA) is 167 Å². The van der Waals surface area contributed by atoms with Gasteiger partial charge in [0.2, 0.25) is 17.7 Å². The van der Waals surface area contributed by atoms with Crippen LogP contribution in [0.2, 0.25) is 5.02 Å². The molecule has 4 fully saturated rings. The smallest absolute Gasteiger partial charge is 0.328 e. The molecule has 3 saturated heterocycles. The predicted molar refractivity (Wildman–Crippen MR) is 258 cm³/mol. The minimum absolute atomic E-state index is 0.00687. The lowest BCUT2D eigenvalue weighted by Crippen LogP contribution is -2.52. The molecule has 4 aromatic rings. The van der Waals surface area contributed by atoms with Crippen molar-refractivity contribution >= 4 is 46.9 Å². The van der Waals surface area contributed by atoms with Crippen LogP contribution < -0.4 is 30.7 Å². The first kappa shape index (κ1) is 48.4. The number of amides is 6. The maximum absolute atomic E-state index is 15.8. The number of benzene rings is 4. The number of hydrogen-bond donors (Lipinski definition) is 3. The van der Waals surface area contributed by atoms with Crippen molar-refractivity contribution in [3.8, 4) is 22.6 Å². The molecule has 4 N–H and O–H groups in total. The number of methoxy groups -OCH3 is 1. The Hall–Kier alpha value is -6.03. The number of anilines is 1. The number of hydrogen-bond acceptors (Lipinski definition) is 9. The average Bonchev–Trinajstić information content (AvgIpc) is 3.35. The molecule has 3 aliphatic heterocycles. The fourth-order valence-corrected chi connectivity index (χ4v) is 10.4. The van der Waals surface area contributed by atoms with Gasteiger partial charge in [-0.25, -0.2) is 9.18 Å². The number of nitrogens with zero attached hydrogens (tertiary/aromatic N) is 4. The number of primary amides is 1. The first-order valence-corrected chi connectivity index (χ1v) is 24.1. The third kappa shape index (κ3) is 11.3. The van der Waals surface area contributed by atoms with Crippen molar-refractivity contribution in [2.45, 2.75) is 63.8 Å². The monoisotopic (exact) mass is 949 g/mol. The molecule has 1 unspecified atom stereocenters. The first-order valence-electron chi connectivity index (χ1n) is 23.7. The quantitative estimate of drug-likeness (QED) is 0.117. The molecule has 6 amide bonds. The van der Waals surface area contributed by atoms with E-state index >= 15 is 4.39 Å². The maximum Gasteiger partial charge on any atom is 0.328 e. The second kappa shape index (κ2) is 21.9. The number of urea groups is 1. The summed E-state index contributed by atoms with van der Waals surface area (Å²) < 4.78 is 26.9. The van der Waals surface area contributed by atoms with Crippen LogP contribution in [0.3, 0.4) is 0 Å². The Kier molecular flexibility index (Phi) is 15.6. The van der Waals surface area contributed by atoms with E-state index in [1.807, 2.05) is 48.2 Å². The van der Waals surface area contributed by atoms with E-state index in [0.717, 1.165) is 87.9 Å². The number of piperidine rings is 1. The predicted octanol–water partition coefficient (Wildman–Crippen LogP) is 6.75. The van der Waals surface area contributed by atoms with E-state index < -0.39 is 17.8 Å². The van der Waals surface area contributed by atoms with Gasteiger partial charge in [-0.1, -0.05) is 54.1 Å². The van der Waals surface area contributed by atoms with Crippen LogP contribution in [0.15, 0.2) is 78.9 Å². The van der Waals surface area contributed by atoms with E-state index in [-0.39, 0.29) is 77.1 Å². The van der Waals surface area contributed by atoms with Gasteiger partial charge in [-0.15, -0.1) is 0 Å². The normalized spacial score (nSPS) is 19.9. The lowest BCUT2D eigenvalue weighted by atomic mass is 9.83. The van der Waals surface area contributed by atoms with Crippen molar-refractivity contribution in [2.24, 2.45) is 17.6 Å². The molecule has 8 rings (SSSR count). The number of carbonyl (C=O) groups is 5. The highest BCUT2D eigenvalue weighted by Gasteiger charge is 2.34. The van der Waals surface area contributed by atoms with Gasteiger partial charge in [0.15, 0.2) is 18.2 Å². The Bertz CT molecular complexity index is 2490. The Labute approximate surface area is 402 Å². The van der Waals surface area contributed by atoms with Crippen molar-refractivity contribution < 1.29 is 37.8 Å². The number of nitrogens with one attached hydrogen (secondary N) is 2. The summed E-state index contributed by atoms with van der Waals surface area (Å²) in [5, 5.41) is 6.43. The van der Waals surface area contributed by atoms with Crippen LogP contribution in [-0.2, 0) is 14.4 Å². The number of likely N-dealkylation sites (tertiary alicyclic amines) is 1. The van der Waals surface area contributed by atoms with Gasteiger partial charge in [0.1, 0.15) is 5.75 Å². The molecule has 1 atom stereocenters. The summed E-state index contributed by atoms with van der Waals surface area (Å²) in [4.78, 5) is 71.3. The molecule has 68 heavy (non-hydrogen) atoms. The minimum Gasteiger partial charge on any atom is -0.494 e. The van der Waals surface area contributed by atoms with Crippen LogP contribution in [0.4, 0.5) is 14.9 Å². The van der Waals surface area contributed by atoms with Crippen LogP contribution in [0.25, 0.3) is 11.1 Å². The minimum atomic E-state index is -0.769. The molecule has 0 aromatic heterocycles. The van der Waals surface area contributed by atoms with Crippen molar-refractivity contribution in [1.29, 1.82) is 0 Å². The molecular weight excluding hydrogens is 889 g/mol. The van der Waals surface area contributed by atoms with E-state index in [9.17, 15) is 24.0 Å². The Morgan fingerprint density at radius 1 is 0.853 bits per heavy atom. The third-order valence-electron chi connectivity index (χ3n) is 14.2. The van der Waals surface area contributed by atoms with Crippen LogP contribution in [-0.4, -0.2) is 123 Å². The summed E-state index contributed by atoms with van der Waals surface area (Å²) >= 11 is 6.69. The molecule has 1 saturated carbocycles. The number of imide groups is 1. The Morgan fingerprint density at radius 3 is 2.28 bits per heavy atom. The summed E-state index contributed by atoms with van der Waals surface area (Å²) in [5.74, 6) is -0.723. The van der Waals surface area contributed by atoms with Crippen LogP contribution in [0.5, 0.6) is 11.5 Å². The van der Waals surface area contributed by atoms with Gasteiger partial charge in [-0.3, -0.25) is 34.3 Å². The molecule has 14 nitrogen and oxygen atoms in total. The molecule has 0 spiro atoms.